The summed E-state index contributed by atoms with van der Waals surface area (Å²) in [6.45, 7) is 0. The van der Waals surface area contributed by atoms with Crippen LogP contribution in [0.5, 0.6) is 0 Å². The molecule has 7 heteroatoms. The molecule has 5 aromatic heterocycles. The molecular formula is C51H29N5O2. The van der Waals surface area contributed by atoms with E-state index in [9.17, 15) is 0 Å². The van der Waals surface area contributed by atoms with Crippen LogP contribution in [-0.4, -0.2) is 24.1 Å². The van der Waals surface area contributed by atoms with Gasteiger partial charge in [0.1, 0.15) is 22.3 Å². The Bertz CT molecular complexity index is 3680. The summed E-state index contributed by atoms with van der Waals surface area (Å²) in [6.07, 6.45) is 0. The van der Waals surface area contributed by atoms with Crippen LogP contribution in [0.2, 0.25) is 0 Å². The number of para-hydroxylation sites is 5. The molecule has 0 saturated carbocycles. The molecule has 58 heavy (non-hydrogen) atoms. The first-order chi connectivity index (χ1) is 28.7. The van der Waals surface area contributed by atoms with E-state index in [1.54, 1.807) is 0 Å². The van der Waals surface area contributed by atoms with Gasteiger partial charge in [-0.3, -0.25) is 4.57 Å². The molecule has 0 aliphatic heterocycles. The highest BCUT2D eigenvalue weighted by molar-refractivity contribution is 6.26. The minimum absolute atomic E-state index is 0.518. The second-order valence-electron chi connectivity index (χ2n) is 14.8. The van der Waals surface area contributed by atoms with E-state index >= 15 is 0 Å². The molecule has 0 atom stereocenters. The average molecular weight is 744 g/mol. The molecule has 0 N–H and O–H groups in total. The number of aromatic nitrogens is 5. The molecule has 0 unspecified atom stereocenters. The quantitative estimate of drug-likeness (QED) is 0.179. The smallest absolute Gasteiger partial charge is 0.238 e. The number of hydrogen-bond acceptors (Lipinski definition) is 5. The van der Waals surface area contributed by atoms with Gasteiger partial charge in [0.2, 0.25) is 5.95 Å². The molecule has 13 rings (SSSR count). The van der Waals surface area contributed by atoms with Crippen LogP contribution in [0.15, 0.2) is 185 Å². The van der Waals surface area contributed by atoms with Gasteiger partial charge in [-0.15, -0.1) is 0 Å². The Morgan fingerprint density at radius 1 is 0.345 bits per heavy atom. The maximum atomic E-state index is 6.36. The van der Waals surface area contributed by atoms with Crippen LogP contribution < -0.4 is 0 Å². The van der Waals surface area contributed by atoms with Crippen molar-refractivity contribution < 1.29 is 8.83 Å². The van der Waals surface area contributed by atoms with E-state index in [1.165, 1.54) is 0 Å². The van der Waals surface area contributed by atoms with Crippen molar-refractivity contribution in [2.75, 3.05) is 0 Å². The summed E-state index contributed by atoms with van der Waals surface area (Å²) in [5.74, 6) is 1.60. The lowest BCUT2D eigenvalue weighted by Gasteiger charge is -2.12. The normalized spacial score (nSPS) is 12.1. The number of benzene rings is 8. The van der Waals surface area contributed by atoms with E-state index in [4.69, 9.17) is 23.8 Å². The van der Waals surface area contributed by atoms with Gasteiger partial charge in [0.25, 0.3) is 0 Å². The molecule has 7 nitrogen and oxygen atoms in total. The Hall–Kier alpha value is -8.03. The first kappa shape index (κ1) is 31.2. The van der Waals surface area contributed by atoms with Crippen LogP contribution in [-0.2, 0) is 0 Å². The van der Waals surface area contributed by atoms with Gasteiger partial charge in [-0.2, -0.15) is 9.97 Å². The van der Waals surface area contributed by atoms with Crippen molar-refractivity contribution in [2.45, 2.75) is 0 Å². The second-order valence-corrected chi connectivity index (χ2v) is 14.8. The molecular weight excluding hydrogens is 715 g/mol. The molecule has 0 aliphatic rings. The molecule has 5 heterocycles. The van der Waals surface area contributed by atoms with Crippen molar-refractivity contribution in [3.63, 3.8) is 0 Å². The van der Waals surface area contributed by atoms with Crippen molar-refractivity contribution in [1.82, 2.24) is 24.1 Å². The van der Waals surface area contributed by atoms with Gasteiger partial charge >= 0.3 is 0 Å². The topological polar surface area (TPSA) is 74.8 Å². The van der Waals surface area contributed by atoms with Gasteiger partial charge in [0.05, 0.1) is 22.1 Å². The highest BCUT2D eigenvalue weighted by atomic mass is 16.3. The molecule has 0 spiro atoms. The number of hydrogen-bond donors (Lipinski definition) is 0. The van der Waals surface area contributed by atoms with Crippen LogP contribution in [0.4, 0.5) is 0 Å². The van der Waals surface area contributed by atoms with Crippen LogP contribution in [0.25, 0.3) is 122 Å². The fourth-order valence-electron chi connectivity index (χ4n) is 9.02. The summed E-state index contributed by atoms with van der Waals surface area (Å²) in [5, 5.41) is 8.75. The van der Waals surface area contributed by atoms with Gasteiger partial charge in [0.15, 0.2) is 11.6 Å². The van der Waals surface area contributed by atoms with Crippen molar-refractivity contribution in [1.29, 1.82) is 0 Å². The number of nitrogens with zero attached hydrogens (tertiary/aromatic N) is 5. The van der Waals surface area contributed by atoms with E-state index in [1.807, 2.05) is 48.5 Å². The van der Waals surface area contributed by atoms with E-state index in [2.05, 4.69) is 137 Å². The van der Waals surface area contributed by atoms with Crippen LogP contribution in [0.1, 0.15) is 0 Å². The lowest BCUT2D eigenvalue weighted by molar-refractivity contribution is 0.668. The summed E-state index contributed by atoms with van der Waals surface area (Å²) >= 11 is 0. The molecule has 13 aromatic rings. The number of furan rings is 2. The molecule has 270 valence electrons. The predicted molar refractivity (Wildman–Crippen MR) is 234 cm³/mol. The van der Waals surface area contributed by atoms with Crippen molar-refractivity contribution >= 4 is 87.5 Å². The van der Waals surface area contributed by atoms with E-state index < -0.39 is 0 Å². The largest absolute Gasteiger partial charge is 0.456 e. The van der Waals surface area contributed by atoms with Crippen molar-refractivity contribution in [3.05, 3.63) is 176 Å². The third-order valence-corrected chi connectivity index (χ3v) is 11.6. The highest BCUT2D eigenvalue weighted by Crippen LogP contribution is 2.42. The van der Waals surface area contributed by atoms with Crippen LogP contribution >= 0.6 is 0 Å². The lowest BCUT2D eigenvalue weighted by atomic mass is 10.1. The fraction of sp³-hybridized carbons (Fsp3) is 0. The van der Waals surface area contributed by atoms with Crippen molar-refractivity contribution in [2.24, 2.45) is 0 Å². The molecule has 8 aromatic carbocycles. The summed E-state index contributed by atoms with van der Waals surface area (Å²) in [5.41, 5.74) is 10.3. The van der Waals surface area contributed by atoms with Gasteiger partial charge in [0, 0.05) is 59.9 Å². The zero-order chi connectivity index (χ0) is 37.9. The second kappa shape index (κ2) is 11.7. The summed E-state index contributed by atoms with van der Waals surface area (Å²) in [6, 6.07) is 60.9. The minimum Gasteiger partial charge on any atom is -0.456 e. The van der Waals surface area contributed by atoms with E-state index in [0.29, 0.717) is 17.6 Å². The number of rotatable bonds is 4. The molecule has 0 radical (unpaired) electrons. The number of fused-ring (bicyclic) bond motifs is 13. The maximum Gasteiger partial charge on any atom is 0.238 e. The Morgan fingerprint density at radius 3 is 1.48 bits per heavy atom. The lowest BCUT2D eigenvalue weighted by Crippen LogP contribution is -2.06. The Kier molecular flexibility index (Phi) is 6.32. The molecule has 0 saturated heterocycles. The monoisotopic (exact) mass is 743 g/mol. The zero-order valence-corrected chi connectivity index (χ0v) is 30.8. The Morgan fingerprint density at radius 2 is 0.845 bits per heavy atom. The Balaban J connectivity index is 1.13. The molecule has 0 bridgehead atoms. The molecule has 0 amide bonds. The summed E-state index contributed by atoms with van der Waals surface area (Å²) in [7, 11) is 0. The first-order valence-corrected chi connectivity index (χ1v) is 19.4. The van der Waals surface area contributed by atoms with E-state index in [-0.39, 0.29) is 0 Å². The fourth-order valence-corrected chi connectivity index (χ4v) is 9.02. The summed E-state index contributed by atoms with van der Waals surface area (Å²) < 4.78 is 17.3. The van der Waals surface area contributed by atoms with Gasteiger partial charge in [-0.05, 0) is 66.7 Å². The molecule has 0 aliphatic carbocycles. The Labute approximate surface area is 329 Å². The van der Waals surface area contributed by atoms with Crippen LogP contribution in [0, 0.1) is 0 Å². The maximum absolute atomic E-state index is 6.36. The third kappa shape index (κ3) is 4.41. The average Bonchev–Trinajstić information content (AvgIpc) is 4.03. The zero-order valence-electron chi connectivity index (χ0n) is 30.8. The third-order valence-electron chi connectivity index (χ3n) is 11.6. The van der Waals surface area contributed by atoms with E-state index in [0.717, 1.165) is 104 Å². The summed E-state index contributed by atoms with van der Waals surface area (Å²) in [4.78, 5) is 15.9. The first-order valence-electron chi connectivity index (χ1n) is 19.4. The predicted octanol–water partition coefficient (Wildman–Crippen LogP) is 13.2. The SMILES string of the molecule is c1ccc(-n2c3ccccc3c3c2ccc2c4ccccc4n(-c4nc(-c5ccc6c(c5)oc5ccccc56)nc(-c5ccc6c(c5)oc5ccccc56)n4)c23)cc1. The molecule has 0 fully saturated rings. The van der Waals surface area contributed by atoms with Gasteiger partial charge in [-0.1, -0.05) is 109 Å². The van der Waals surface area contributed by atoms with Gasteiger partial charge < -0.3 is 13.4 Å². The minimum atomic E-state index is 0.518. The van der Waals surface area contributed by atoms with Crippen LogP contribution in [0.3, 0.4) is 0 Å². The van der Waals surface area contributed by atoms with Gasteiger partial charge in [-0.25, -0.2) is 4.98 Å². The highest BCUT2D eigenvalue weighted by Gasteiger charge is 2.23. The van der Waals surface area contributed by atoms with Crippen molar-refractivity contribution in [3.8, 4) is 34.4 Å². The standard InChI is InChI=1S/C51H29N5O2/c1-2-12-32(13-3-1)55-41-19-9-5-17-39(41)47-42(55)27-26-38-33-14-4-8-18-40(33)56(48(38)47)51-53-49(30-22-24-36-34-15-6-10-20-43(34)57-45(36)28-30)52-50(54-51)31-23-25-37-35-16-7-11-21-44(35)58-46(37)29-31/h1-29H.